The second kappa shape index (κ2) is 8.80. The molecule has 0 saturated carbocycles. The molecule has 1 N–H and O–H groups in total. The third-order valence-corrected chi connectivity index (χ3v) is 6.18. The van der Waals surface area contributed by atoms with Crippen molar-refractivity contribution in [3.05, 3.63) is 29.3 Å². The zero-order valence-corrected chi connectivity index (χ0v) is 15.3. The molecule has 2 rings (SSSR count). The number of nitrogens with one attached hydrogen (secondary N) is 1. The van der Waals surface area contributed by atoms with Gasteiger partial charge >= 0.3 is 0 Å². The third kappa shape index (κ3) is 4.69. The third-order valence-electron chi connectivity index (χ3n) is 4.00. The van der Waals surface area contributed by atoms with E-state index >= 15 is 0 Å². The average Bonchev–Trinajstić information content (AvgIpc) is 2.59. The number of amides is 1. The van der Waals surface area contributed by atoms with Crippen molar-refractivity contribution in [2.75, 3.05) is 26.8 Å². The molecule has 6 nitrogen and oxygen atoms in total. The quantitative estimate of drug-likeness (QED) is 0.741. The molecule has 24 heavy (non-hydrogen) atoms. The second-order valence-corrected chi connectivity index (χ2v) is 8.05. The molecule has 1 saturated heterocycles. The summed E-state index contributed by atoms with van der Waals surface area (Å²) in [5, 5.41) is 3.28. The van der Waals surface area contributed by atoms with Gasteiger partial charge in [-0.25, -0.2) is 8.42 Å². The molecule has 0 radical (unpaired) electrons. The molecule has 0 unspecified atom stereocenters. The highest BCUT2D eigenvalue weighted by Gasteiger charge is 2.37. The number of carbonyl (C=O) groups excluding carboxylic acids is 1. The number of piperidine rings is 1. The van der Waals surface area contributed by atoms with Crippen molar-refractivity contribution in [1.82, 2.24) is 9.62 Å². The number of hydrogen-bond acceptors (Lipinski definition) is 4. The van der Waals surface area contributed by atoms with Crippen LogP contribution in [0.15, 0.2) is 29.2 Å². The first-order valence-corrected chi connectivity index (χ1v) is 9.82. The summed E-state index contributed by atoms with van der Waals surface area (Å²) in [6, 6.07) is 5.36. The van der Waals surface area contributed by atoms with Gasteiger partial charge in [0.1, 0.15) is 6.04 Å². The van der Waals surface area contributed by atoms with E-state index in [9.17, 15) is 13.2 Å². The maximum Gasteiger partial charge on any atom is 0.243 e. The highest BCUT2D eigenvalue weighted by Crippen LogP contribution is 2.26. The highest BCUT2D eigenvalue weighted by molar-refractivity contribution is 7.89. The summed E-state index contributed by atoms with van der Waals surface area (Å²) >= 11 is 5.83. The summed E-state index contributed by atoms with van der Waals surface area (Å²) in [5.41, 5.74) is 0. The van der Waals surface area contributed by atoms with E-state index in [1.165, 1.54) is 28.6 Å². The molecular formula is C16H23ClN2O4S. The monoisotopic (exact) mass is 374 g/mol. The van der Waals surface area contributed by atoms with Gasteiger partial charge in [0.25, 0.3) is 0 Å². The Hall–Kier alpha value is -1.15. The van der Waals surface area contributed by atoms with Crippen LogP contribution in [0.25, 0.3) is 0 Å². The van der Waals surface area contributed by atoms with E-state index in [1.54, 1.807) is 7.11 Å². The highest BCUT2D eigenvalue weighted by atomic mass is 35.5. The Balaban J connectivity index is 2.13. The van der Waals surface area contributed by atoms with Crippen molar-refractivity contribution in [2.45, 2.75) is 36.6 Å². The number of halogens is 1. The van der Waals surface area contributed by atoms with Crippen LogP contribution in [0.4, 0.5) is 0 Å². The molecule has 0 spiro atoms. The van der Waals surface area contributed by atoms with Crippen molar-refractivity contribution in [3.63, 3.8) is 0 Å². The maximum atomic E-state index is 12.9. The molecule has 1 aliphatic rings. The molecule has 1 amide bonds. The number of rotatable bonds is 7. The minimum absolute atomic E-state index is 0.158. The second-order valence-electron chi connectivity index (χ2n) is 5.72. The van der Waals surface area contributed by atoms with Gasteiger partial charge in [0.2, 0.25) is 15.9 Å². The van der Waals surface area contributed by atoms with Gasteiger partial charge in [-0.2, -0.15) is 4.31 Å². The largest absolute Gasteiger partial charge is 0.385 e. The smallest absolute Gasteiger partial charge is 0.243 e. The zero-order valence-electron chi connectivity index (χ0n) is 13.7. The summed E-state index contributed by atoms with van der Waals surface area (Å²) < 4.78 is 32.0. The Morgan fingerprint density at radius 3 is 2.71 bits per heavy atom. The molecule has 8 heteroatoms. The minimum Gasteiger partial charge on any atom is -0.385 e. The first-order chi connectivity index (χ1) is 11.5. The molecular weight excluding hydrogens is 352 g/mol. The normalized spacial score (nSPS) is 19.2. The minimum atomic E-state index is -3.72. The van der Waals surface area contributed by atoms with Crippen LogP contribution in [0.3, 0.4) is 0 Å². The number of sulfonamides is 1. The molecule has 0 aliphatic carbocycles. The Kier molecular flexibility index (Phi) is 7.03. The first kappa shape index (κ1) is 19.2. The number of nitrogens with zero attached hydrogens (tertiary/aromatic N) is 1. The van der Waals surface area contributed by atoms with E-state index in [1.807, 2.05) is 0 Å². The first-order valence-electron chi connectivity index (χ1n) is 8.01. The maximum absolute atomic E-state index is 12.9. The Morgan fingerprint density at radius 1 is 1.33 bits per heavy atom. The summed E-state index contributed by atoms with van der Waals surface area (Å²) in [5.74, 6) is -0.247. The molecule has 1 fully saturated rings. The van der Waals surface area contributed by atoms with Crippen LogP contribution >= 0.6 is 11.6 Å². The fourth-order valence-electron chi connectivity index (χ4n) is 2.74. The molecule has 1 atom stereocenters. The van der Waals surface area contributed by atoms with Crippen LogP contribution in [0.1, 0.15) is 25.7 Å². The van der Waals surface area contributed by atoms with Gasteiger partial charge in [-0.3, -0.25) is 4.79 Å². The van der Waals surface area contributed by atoms with Crippen LogP contribution in [-0.2, 0) is 19.6 Å². The lowest BCUT2D eigenvalue weighted by Gasteiger charge is -2.33. The van der Waals surface area contributed by atoms with Gasteiger partial charge in [0, 0.05) is 31.8 Å². The van der Waals surface area contributed by atoms with Gasteiger partial charge in [0.15, 0.2) is 0 Å². The van der Waals surface area contributed by atoms with E-state index in [-0.39, 0.29) is 10.8 Å². The zero-order chi connectivity index (χ0) is 17.6. The summed E-state index contributed by atoms with van der Waals surface area (Å²) in [4.78, 5) is 12.6. The molecule has 0 bridgehead atoms. The van der Waals surface area contributed by atoms with E-state index in [4.69, 9.17) is 16.3 Å². The molecule has 1 aromatic carbocycles. The number of carbonyl (C=O) groups is 1. The molecule has 1 aromatic rings. The number of ether oxygens (including phenoxy) is 1. The van der Waals surface area contributed by atoms with Gasteiger partial charge in [-0.15, -0.1) is 0 Å². The van der Waals surface area contributed by atoms with E-state index < -0.39 is 16.1 Å². The predicted molar refractivity (Wildman–Crippen MR) is 92.5 cm³/mol. The Labute approximate surface area is 148 Å². The Bertz CT molecular complexity index is 649. The summed E-state index contributed by atoms with van der Waals surface area (Å²) in [6.45, 7) is 1.37. The van der Waals surface area contributed by atoms with Crippen LogP contribution in [-0.4, -0.2) is 51.5 Å². The van der Waals surface area contributed by atoms with Gasteiger partial charge < -0.3 is 10.1 Å². The van der Waals surface area contributed by atoms with E-state index in [0.29, 0.717) is 37.6 Å². The van der Waals surface area contributed by atoms with Crippen molar-refractivity contribution >= 4 is 27.5 Å². The van der Waals surface area contributed by atoms with Crippen LogP contribution in [0.5, 0.6) is 0 Å². The lowest BCUT2D eigenvalue weighted by atomic mass is 10.0. The van der Waals surface area contributed by atoms with Crippen molar-refractivity contribution < 1.29 is 17.9 Å². The Morgan fingerprint density at radius 2 is 2.04 bits per heavy atom. The fraction of sp³-hybridized carbons (Fsp3) is 0.562. The fourth-order valence-corrected chi connectivity index (χ4v) is 4.53. The molecule has 0 aromatic heterocycles. The average molecular weight is 375 g/mol. The molecule has 1 heterocycles. The van der Waals surface area contributed by atoms with Gasteiger partial charge in [0.05, 0.1) is 4.90 Å². The number of hydrogen-bond donors (Lipinski definition) is 1. The topological polar surface area (TPSA) is 75.7 Å². The summed E-state index contributed by atoms with van der Waals surface area (Å²) in [7, 11) is -2.12. The predicted octanol–water partition coefficient (Wildman–Crippen LogP) is 2.04. The molecule has 134 valence electrons. The van der Waals surface area contributed by atoms with Crippen molar-refractivity contribution in [3.8, 4) is 0 Å². The van der Waals surface area contributed by atoms with Crippen LogP contribution in [0.2, 0.25) is 5.02 Å². The van der Waals surface area contributed by atoms with Crippen molar-refractivity contribution in [1.29, 1.82) is 0 Å². The van der Waals surface area contributed by atoms with Crippen molar-refractivity contribution in [2.24, 2.45) is 0 Å². The van der Waals surface area contributed by atoms with Crippen LogP contribution in [0, 0.1) is 0 Å². The van der Waals surface area contributed by atoms with Crippen LogP contribution < -0.4 is 5.32 Å². The van der Waals surface area contributed by atoms with Gasteiger partial charge in [-0.05, 0) is 43.5 Å². The van der Waals surface area contributed by atoms with Gasteiger partial charge in [-0.1, -0.05) is 18.0 Å². The molecule has 1 aliphatic heterocycles. The van der Waals surface area contributed by atoms with E-state index in [0.717, 1.165) is 12.8 Å². The number of benzene rings is 1. The number of methoxy groups -OCH3 is 1. The lowest BCUT2D eigenvalue weighted by molar-refractivity contribution is -0.125. The standard InChI is InChI=1S/C16H23ClN2O4S/c1-23-12-4-10-18-16(20)15-5-2-3-11-19(15)24(21,22)14-8-6-13(17)7-9-14/h6-9,15H,2-5,10-12H2,1H3,(H,18,20)/t15-/m0/s1. The van der Waals surface area contributed by atoms with E-state index in [2.05, 4.69) is 5.32 Å². The SMILES string of the molecule is COCCCNC(=O)[C@@H]1CCCCN1S(=O)(=O)c1ccc(Cl)cc1. The summed E-state index contributed by atoms with van der Waals surface area (Å²) in [6.07, 6.45) is 2.81. The lowest BCUT2D eigenvalue weighted by Crippen LogP contribution is -2.51.